The quantitative estimate of drug-likeness (QED) is 0.785. The molecule has 0 spiro atoms. The molecule has 3 nitrogen and oxygen atoms in total. The van der Waals surface area contributed by atoms with Gasteiger partial charge in [0.1, 0.15) is 0 Å². The SMILES string of the molecule is OC1CCC(C2CCC(/C=C/C3CCC(O)CO3)CC2)CC1. The molecule has 22 heavy (non-hydrogen) atoms. The predicted octanol–water partition coefficient (Wildman–Crippen LogP) is 3.44. The second kappa shape index (κ2) is 7.94. The molecule has 126 valence electrons. The Hall–Kier alpha value is -0.380. The maximum atomic E-state index is 9.64. The Morgan fingerprint density at radius 3 is 1.82 bits per heavy atom. The minimum Gasteiger partial charge on any atom is -0.393 e. The van der Waals surface area contributed by atoms with Crippen molar-refractivity contribution in [3.63, 3.8) is 0 Å². The van der Waals surface area contributed by atoms with Crippen LogP contribution < -0.4 is 0 Å². The first-order valence-corrected chi connectivity index (χ1v) is 9.36. The third-order valence-electron chi connectivity index (χ3n) is 6.11. The molecule has 3 rings (SSSR count). The van der Waals surface area contributed by atoms with Crippen molar-refractivity contribution in [1.29, 1.82) is 0 Å². The van der Waals surface area contributed by atoms with Crippen LogP contribution in [0.5, 0.6) is 0 Å². The summed E-state index contributed by atoms with van der Waals surface area (Å²) in [5.74, 6) is 2.50. The molecule has 2 saturated carbocycles. The van der Waals surface area contributed by atoms with Crippen LogP contribution in [0.1, 0.15) is 64.2 Å². The minimum atomic E-state index is -0.255. The smallest absolute Gasteiger partial charge is 0.0775 e. The highest BCUT2D eigenvalue weighted by molar-refractivity contribution is 4.97. The Labute approximate surface area is 134 Å². The van der Waals surface area contributed by atoms with Crippen molar-refractivity contribution in [3.05, 3.63) is 12.2 Å². The number of rotatable bonds is 3. The topological polar surface area (TPSA) is 49.7 Å². The summed E-state index contributed by atoms with van der Waals surface area (Å²) in [4.78, 5) is 0. The average Bonchev–Trinajstić information content (AvgIpc) is 2.56. The van der Waals surface area contributed by atoms with E-state index in [0.29, 0.717) is 6.61 Å². The van der Waals surface area contributed by atoms with Crippen LogP contribution >= 0.6 is 0 Å². The molecule has 0 radical (unpaired) electrons. The summed E-state index contributed by atoms with van der Waals surface area (Å²) in [5.41, 5.74) is 0. The van der Waals surface area contributed by atoms with Crippen LogP contribution in [0.25, 0.3) is 0 Å². The van der Waals surface area contributed by atoms with Crippen molar-refractivity contribution in [3.8, 4) is 0 Å². The monoisotopic (exact) mass is 308 g/mol. The highest BCUT2D eigenvalue weighted by Crippen LogP contribution is 2.40. The lowest BCUT2D eigenvalue weighted by molar-refractivity contribution is -0.0360. The lowest BCUT2D eigenvalue weighted by Crippen LogP contribution is -2.28. The number of aliphatic hydroxyl groups is 2. The predicted molar refractivity (Wildman–Crippen MR) is 87.5 cm³/mol. The standard InChI is InChI=1S/C19H32O3/c20-17-8-6-16(7-9-17)15-4-1-14(2-5-15)3-11-19-12-10-18(21)13-22-19/h3,11,14-21H,1-2,4-10,12-13H2/b11-3+. The zero-order valence-corrected chi connectivity index (χ0v) is 13.7. The Morgan fingerprint density at radius 2 is 1.23 bits per heavy atom. The van der Waals surface area contributed by atoms with E-state index in [2.05, 4.69) is 12.2 Å². The lowest BCUT2D eigenvalue weighted by Gasteiger charge is -2.36. The van der Waals surface area contributed by atoms with Crippen molar-refractivity contribution in [2.75, 3.05) is 6.61 Å². The van der Waals surface area contributed by atoms with Crippen molar-refractivity contribution >= 4 is 0 Å². The van der Waals surface area contributed by atoms with Crippen LogP contribution in [0.15, 0.2) is 12.2 Å². The van der Waals surface area contributed by atoms with Crippen LogP contribution in [0.3, 0.4) is 0 Å². The molecule has 2 unspecified atom stereocenters. The maximum Gasteiger partial charge on any atom is 0.0775 e. The van der Waals surface area contributed by atoms with Crippen LogP contribution in [0.4, 0.5) is 0 Å². The summed E-state index contributed by atoms with van der Waals surface area (Å²) in [5, 5.41) is 19.1. The molecule has 0 bridgehead atoms. The van der Waals surface area contributed by atoms with E-state index in [4.69, 9.17) is 4.74 Å². The van der Waals surface area contributed by atoms with E-state index in [-0.39, 0.29) is 18.3 Å². The first-order chi connectivity index (χ1) is 10.7. The number of ether oxygens (including phenoxy) is 1. The first-order valence-electron chi connectivity index (χ1n) is 9.36. The molecule has 0 aromatic heterocycles. The second-order valence-electron chi connectivity index (χ2n) is 7.73. The normalized spacial score (nSPS) is 44.3. The first kappa shape index (κ1) is 16.5. The summed E-state index contributed by atoms with van der Waals surface area (Å²) in [6, 6.07) is 0. The summed E-state index contributed by atoms with van der Waals surface area (Å²) < 4.78 is 5.65. The molecule has 0 aromatic rings. The molecular weight excluding hydrogens is 276 g/mol. The molecule has 1 aliphatic heterocycles. The number of allylic oxidation sites excluding steroid dienone is 1. The van der Waals surface area contributed by atoms with Gasteiger partial charge in [-0.25, -0.2) is 0 Å². The molecule has 2 aliphatic carbocycles. The Kier molecular flexibility index (Phi) is 5.95. The van der Waals surface area contributed by atoms with Gasteiger partial charge in [-0.3, -0.25) is 0 Å². The fourth-order valence-electron chi connectivity index (χ4n) is 4.57. The average molecular weight is 308 g/mol. The largest absolute Gasteiger partial charge is 0.393 e. The van der Waals surface area contributed by atoms with Crippen LogP contribution in [-0.2, 0) is 4.74 Å². The van der Waals surface area contributed by atoms with E-state index in [0.717, 1.165) is 43.4 Å². The Bertz CT molecular complexity index is 344. The van der Waals surface area contributed by atoms with E-state index in [1.807, 2.05) is 0 Å². The van der Waals surface area contributed by atoms with Gasteiger partial charge in [-0.05, 0) is 82.0 Å². The van der Waals surface area contributed by atoms with Gasteiger partial charge in [0.25, 0.3) is 0 Å². The zero-order chi connectivity index (χ0) is 15.4. The lowest BCUT2D eigenvalue weighted by atomic mass is 9.70. The van der Waals surface area contributed by atoms with E-state index in [1.165, 1.54) is 38.5 Å². The van der Waals surface area contributed by atoms with Gasteiger partial charge in [-0.2, -0.15) is 0 Å². The summed E-state index contributed by atoms with van der Waals surface area (Å²) in [7, 11) is 0. The molecule has 3 heteroatoms. The molecule has 3 fully saturated rings. The van der Waals surface area contributed by atoms with Crippen molar-refractivity contribution < 1.29 is 14.9 Å². The van der Waals surface area contributed by atoms with E-state index >= 15 is 0 Å². The fraction of sp³-hybridized carbons (Fsp3) is 0.895. The van der Waals surface area contributed by atoms with Crippen molar-refractivity contribution in [1.82, 2.24) is 0 Å². The van der Waals surface area contributed by atoms with Crippen LogP contribution in [0.2, 0.25) is 0 Å². The van der Waals surface area contributed by atoms with E-state index in [9.17, 15) is 10.2 Å². The zero-order valence-electron chi connectivity index (χ0n) is 13.7. The van der Waals surface area contributed by atoms with Gasteiger partial charge in [0.15, 0.2) is 0 Å². The third kappa shape index (κ3) is 4.56. The summed E-state index contributed by atoms with van der Waals surface area (Å²) in [6.45, 7) is 0.495. The molecule has 2 N–H and O–H groups in total. The molecule has 1 saturated heterocycles. The summed E-state index contributed by atoms with van der Waals surface area (Å²) in [6.07, 6.45) is 16.3. The molecule has 0 amide bonds. The number of hydrogen-bond donors (Lipinski definition) is 2. The number of hydrogen-bond acceptors (Lipinski definition) is 3. The molecule has 1 heterocycles. The van der Waals surface area contributed by atoms with Gasteiger partial charge >= 0.3 is 0 Å². The van der Waals surface area contributed by atoms with Gasteiger partial charge in [-0.15, -0.1) is 0 Å². The van der Waals surface area contributed by atoms with Crippen LogP contribution in [-0.4, -0.2) is 35.1 Å². The number of aliphatic hydroxyl groups excluding tert-OH is 2. The van der Waals surface area contributed by atoms with Crippen molar-refractivity contribution in [2.45, 2.75) is 82.5 Å². The van der Waals surface area contributed by atoms with Crippen LogP contribution in [0, 0.1) is 17.8 Å². The van der Waals surface area contributed by atoms with E-state index < -0.39 is 0 Å². The maximum absolute atomic E-state index is 9.64. The van der Waals surface area contributed by atoms with E-state index in [1.54, 1.807) is 0 Å². The fourth-order valence-corrected chi connectivity index (χ4v) is 4.57. The van der Waals surface area contributed by atoms with Gasteiger partial charge in [0.2, 0.25) is 0 Å². The second-order valence-corrected chi connectivity index (χ2v) is 7.73. The Morgan fingerprint density at radius 1 is 0.636 bits per heavy atom. The molecular formula is C19H32O3. The highest BCUT2D eigenvalue weighted by atomic mass is 16.5. The third-order valence-corrected chi connectivity index (χ3v) is 6.11. The summed E-state index contributed by atoms with van der Waals surface area (Å²) >= 11 is 0. The molecule has 3 aliphatic rings. The van der Waals surface area contributed by atoms with Gasteiger partial charge in [-0.1, -0.05) is 12.2 Å². The minimum absolute atomic E-state index is 0.0236. The van der Waals surface area contributed by atoms with Crippen molar-refractivity contribution in [2.24, 2.45) is 17.8 Å². The molecule has 2 atom stereocenters. The molecule has 0 aromatic carbocycles. The van der Waals surface area contributed by atoms with Gasteiger partial charge < -0.3 is 14.9 Å². The highest BCUT2D eigenvalue weighted by Gasteiger charge is 2.29. The Balaban J connectivity index is 1.38. The van der Waals surface area contributed by atoms with Gasteiger partial charge in [0.05, 0.1) is 24.9 Å². The van der Waals surface area contributed by atoms with Gasteiger partial charge in [0, 0.05) is 0 Å².